The van der Waals surface area contributed by atoms with Crippen LogP contribution in [0.25, 0.3) is 0 Å². The third kappa shape index (κ3) is 23.7. The first-order valence-electron chi connectivity index (χ1n) is 17.2. The molecule has 4 fully saturated rings. The summed E-state index contributed by atoms with van der Waals surface area (Å²) in [5.74, 6) is 8.25. The van der Waals surface area contributed by atoms with E-state index in [4.69, 9.17) is 5.84 Å². The lowest BCUT2D eigenvalue weighted by Gasteiger charge is -2.35. The average molecular weight is 604 g/mol. The van der Waals surface area contributed by atoms with Gasteiger partial charge in [-0.25, -0.2) is 5.01 Å². The predicted molar refractivity (Wildman–Crippen MR) is 187 cm³/mol. The molecular weight excluding hydrogens is 534 g/mol. The zero-order chi connectivity index (χ0) is 31.2. The Morgan fingerprint density at radius 3 is 1.74 bits per heavy atom. The third-order valence-electron chi connectivity index (χ3n) is 8.10. The zero-order valence-electron chi connectivity index (χ0n) is 28.4. The minimum Gasteiger partial charge on any atom is -0.315 e. The van der Waals surface area contributed by atoms with Crippen LogP contribution in [0.1, 0.15) is 52.9 Å². The van der Waals surface area contributed by atoms with Gasteiger partial charge in [0.2, 0.25) is 0 Å². The summed E-state index contributed by atoms with van der Waals surface area (Å²) in [6.07, 6.45) is 19.5. The summed E-state index contributed by atoms with van der Waals surface area (Å²) in [7, 11) is 0. The van der Waals surface area contributed by atoms with Gasteiger partial charge >= 0.3 is 0 Å². The van der Waals surface area contributed by atoms with Gasteiger partial charge in [-0.05, 0) is 98.7 Å². The molecule has 0 spiro atoms. The topological polar surface area (TPSA) is 78.3 Å². The second-order valence-corrected chi connectivity index (χ2v) is 11.7. The fraction of sp³-hybridized carbons (Fsp3) is 0.824. The Labute approximate surface area is 266 Å². The van der Waals surface area contributed by atoms with Gasteiger partial charge in [-0.1, -0.05) is 24.3 Å². The van der Waals surface area contributed by atoms with Crippen molar-refractivity contribution in [3.05, 3.63) is 24.3 Å². The molecule has 0 aliphatic carbocycles. The molecule has 43 heavy (non-hydrogen) atoms. The quantitative estimate of drug-likeness (QED) is 0.214. The Morgan fingerprint density at radius 1 is 0.605 bits per heavy atom. The normalized spacial score (nSPS) is 25.5. The van der Waals surface area contributed by atoms with E-state index in [9.17, 15) is 0 Å². The average Bonchev–Trinajstić information content (AvgIpc) is 3.01. The van der Waals surface area contributed by atoms with Crippen LogP contribution in [-0.4, -0.2) is 156 Å². The first-order valence-corrected chi connectivity index (χ1v) is 17.2. The summed E-state index contributed by atoms with van der Waals surface area (Å²) in [5.41, 5.74) is 0. The monoisotopic (exact) mass is 604 g/mol. The van der Waals surface area contributed by atoms with Gasteiger partial charge in [-0.3, -0.25) is 10.7 Å². The molecule has 0 saturated carbocycles. The lowest BCUT2D eigenvalue weighted by Crippen LogP contribution is -2.48. The maximum Gasteiger partial charge on any atom is 0.0253 e. The highest BCUT2D eigenvalue weighted by Crippen LogP contribution is 2.05. The number of hydrogen-bond acceptors (Lipinski definition) is 9. The van der Waals surface area contributed by atoms with E-state index in [2.05, 4.69) is 86.0 Å². The van der Waals surface area contributed by atoms with Crippen molar-refractivity contribution in [3.8, 4) is 12.3 Å². The molecule has 250 valence electrons. The van der Waals surface area contributed by atoms with Crippen molar-refractivity contribution in [2.45, 2.75) is 52.9 Å². The van der Waals surface area contributed by atoms with Crippen molar-refractivity contribution in [2.75, 3.05) is 131 Å². The summed E-state index contributed by atoms with van der Waals surface area (Å²) in [5, 5.41) is 12.5. The van der Waals surface area contributed by atoms with Gasteiger partial charge in [0.15, 0.2) is 0 Å². The van der Waals surface area contributed by atoms with Gasteiger partial charge in [0.1, 0.15) is 0 Å². The molecule has 2 bridgehead atoms. The molecule has 0 aromatic rings. The number of hydrogen-bond donors (Lipinski definition) is 4. The second-order valence-electron chi connectivity index (χ2n) is 11.7. The minimum atomic E-state index is 0.937. The largest absolute Gasteiger partial charge is 0.315 e. The number of nitrogens with two attached hydrogens (primary N) is 1. The third-order valence-corrected chi connectivity index (χ3v) is 8.10. The molecule has 0 radical (unpaired) electrons. The number of allylic oxidation sites excluding steroid dienone is 2. The Kier molecular flexibility index (Phi) is 27.1. The molecule has 5 N–H and O–H groups in total. The van der Waals surface area contributed by atoms with E-state index in [1.54, 1.807) is 6.92 Å². The molecule has 0 atom stereocenters. The Bertz CT molecular complexity index is 698. The van der Waals surface area contributed by atoms with Gasteiger partial charge in [0.05, 0.1) is 0 Å². The summed E-state index contributed by atoms with van der Waals surface area (Å²) in [6.45, 7) is 28.8. The van der Waals surface area contributed by atoms with E-state index in [-0.39, 0.29) is 0 Å². The maximum atomic E-state index is 6.00. The number of hydrazine groups is 1. The lowest BCUT2D eigenvalue weighted by molar-refractivity contribution is 0.125. The van der Waals surface area contributed by atoms with Crippen molar-refractivity contribution in [2.24, 2.45) is 5.84 Å². The highest BCUT2D eigenvalue weighted by atomic mass is 15.4. The Hall–Kier alpha value is -1.32. The van der Waals surface area contributed by atoms with Crippen LogP contribution in [0.4, 0.5) is 0 Å². The van der Waals surface area contributed by atoms with Crippen LogP contribution in [0.3, 0.4) is 0 Å². The standard InChI is InChI=1S/C16H32N4.C15H33N5.C3H4/c1-2-3-8-18-10-5-11-20-15-13-19(14-16-20)9-4-6-17-7-12-18;1-2-3-4-11-19-12-6-13-20(16)15-10-18-8-5-7-17-9-14-19;1-3-2/h2-3,17H,4-16H2,1H3;2-3,17-18H,4-16H2,1H3;1H,2H3/b3-2+;3-2-;. The summed E-state index contributed by atoms with van der Waals surface area (Å²) < 4.78 is 0. The van der Waals surface area contributed by atoms with Gasteiger partial charge in [-0.2, -0.15) is 0 Å². The van der Waals surface area contributed by atoms with Crippen LogP contribution in [-0.2, 0) is 0 Å². The van der Waals surface area contributed by atoms with Crippen molar-refractivity contribution in [1.29, 1.82) is 0 Å². The number of piperazine rings is 1. The highest BCUT2D eigenvalue weighted by Gasteiger charge is 2.16. The van der Waals surface area contributed by atoms with E-state index >= 15 is 0 Å². The Morgan fingerprint density at radius 2 is 1.12 bits per heavy atom. The number of rotatable bonds is 5. The van der Waals surface area contributed by atoms with Crippen molar-refractivity contribution >= 4 is 0 Å². The fourth-order valence-electron chi connectivity index (χ4n) is 5.51. The molecule has 4 rings (SSSR count). The molecule has 0 unspecified atom stereocenters. The highest BCUT2D eigenvalue weighted by molar-refractivity contribution is 4.82. The first kappa shape index (κ1) is 39.7. The van der Waals surface area contributed by atoms with E-state index in [0.29, 0.717) is 0 Å². The second kappa shape index (κ2) is 29.4. The van der Waals surface area contributed by atoms with Crippen molar-refractivity contribution in [3.63, 3.8) is 0 Å². The smallest absolute Gasteiger partial charge is 0.0253 e. The van der Waals surface area contributed by atoms with Crippen LogP contribution in [0.2, 0.25) is 0 Å². The first-order chi connectivity index (χ1) is 21.1. The predicted octanol–water partition coefficient (Wildman–Crippen LogP) is 1.91. The number of fused-ring (bicyclic) bond motifs is 11. The SMILES string of the molecule is C#CC.C/C=C/CN1CCCN2CCN(CCCNCC1)CC2.C/C=C\CCN1CCCN(N)CCNCCCNCC1. The molecule has 4 aliphatic heterocycles. The minimum absolute atomic E-state index is 0.937. The lowest BCUT2D eigenvalue weighted by atomic mass is 10.2. The van der Waals surface area contributed by atoms with Gasteiger partial charge < -0.3 is 30.7 Å². The van der Waals surface area contributed by atoms with Crippen LogP contribution < -0.4 is 21.8 Å². The van der Waals surface area contributed by atoms with Crippen LogP contribution in [0.5, 0.6) is 0 Å². The van der Waals surface area contributed by atoms with Crippen LogP contribution >= 0.6 is 0 Å². The van der Waals surface area contributed by atoms with Crippen molar-refractivity contribution < 1.29 is 0 Å². The van der Waals surface area contributed by atoms with E-state index in [1.165, 1.54) is 71.6 Å². The zero-order valence-corrected chi connectivity index (χ0v) is 28.4. The van der Waals surface area contributed by atoms with Crippen LogP contribution in [0, 0.1) is 12.3 Å². The summed E-state index contributed by atoms with van der Waals surface area (Å²) in [4.78, 5) is 10.4. The van der Waals surface area contributed by atoms with E-state index < -0.39 is 0 Å². The molecule has 0 amide bonds. The molecule has 0 aromatic carbocycles. The summed E-state index contributed by atoms with van der Waals surface area (Å²) in [6, 6.07) is 0. The van der Waals surface area contributed by atoms with Gasteiger partial charge in [-0.15, -0.1) is 12.3 Å². The van der Waals surface area contributed by atoms with E-state index in [0.717, 1.165) is 91.4 Å². The number of nitrogens with one attached hydrogen (secondary N) is 3. The maximum absolute atomic E-state index is 6.00. The molecule has 9 heteroatoms. The molecule has 4 heterocycles. The fourth-order valence-corrected chi connectivity index (χ4v) is 5.51. The van der Waals surface area contributed by atoms with Crippen molar-refractivity contribution in [1.82, 2.24) is 40.6 Å². The number of nitrogens with zero attached hydrogens (tertiary/aromatic N) is 5. The molecule has 0 aromatic heterocycles. The van der Waals surface area contributed by atoms with Gasteiger partial charge in [0, 0.05) is 85.1 Å². The Balaban J connectivity index is 0.000000394. The number of terminal acetylenes is 1. The summed E-state index contributed by atoms with van der Waals surface area (Å²) >= 11 is 0. The van der Waals surface area contributed by atoms with E-state index in [1.807, 2.05) is 5.01 Å². The molecule has 4 saturated heterocycles. The van der Waals surface area contributed by atoms with Crippen LogP contribution in [0.15, 0.2) is 24.3 Å². The van der Waals surface area contributed by atoms with Gasteiger partial charge in [0.25, 0.3) is 0 Å². The molecular formula is C34H69N9. The molecule has 9 nitrogen and oxygen atoms in total. The molecule has 4 aliphatic rings.